The van der Waals surface area contributed by atoms with E-state index in [4.69, 9.17) is 40.2 Å². The molecule has 114 valence electrons. The number of halogens is 2. The first-order chi connectivity index (χ1) is 10.1. The van der Waals surface area contributed by atoms with Crippen LogP contribution < -0.4 is 10.7 Å². The van der Waals surface area contributed by atoms with Crippen LogP contribution in [0.15, 0.2) is 23.3 Å². The minimum atomic E-state index is 0.234. The summed E-state index contributed by atoms with van der Waals surface area (Å²) < 4.78 is 5.51. The van der Waals surface area contributed by atoms with E-state index in [9.17, 15) is 0 Å². The molecule has 0 saturated carbocycles. The van der Waals surface area contributed by atoms with Crippen LogP contribution in [0.3, 0.4) is 0 Å². The van der Waals surface area contributed by atoms with Gasteiger partial charge >= 0.3 is 0 Å². The Morgan fingerprint density at radius 2 is 2.29 bits per heavy atom. The van der Waals surface area contributed by atoms with Crippen molar-refractivity contribution in [2.24, 2.45) is 5.10 Å². The lowest BCUT2D eigenvalue weighted by molar-refractivity contribution is 0.114. The van der Waals surface area contributed by atoms with Gasteiger partial charge in [-0.1, -0.05) is 23.2 Å². The summed E-state index contributed by atoms with van der Waals surface area (Å²) >= 11 is 17.3. The molecule has 7 heteroatoms. The lowest BCUT2D eigenvalue weighted by Gasteiger charge is -2.12. The van der Waals surface area contributed by atoms with Crippen LogP contribution in [0.2, 0.25) is 10.0 Å². The van der Waals surface area contributed by atoms with E-state index in [0.717, 1.165) is 25.0 Å². The van der Waals surface area contributed by atoms with Gasteiger partial charge in [0.25, 0.3) is 0 Å². The molecule has 0 aromatic heterocycles. The van der Waals surface area contributed by atoms with Crippen molar-refractivity contribution < 1.29 is 4.74 Å². The summed E-state index contributed by atoms with van der Waals surface area (Å²) in [6.07, 6.45) is 2.41. The zero-order chi connectivity index (χ0) is 15.2. The Hall–Kier alpha value is -0.880. The van der Waals surface area contributed by atoms with Gasteiger partial charge in [-0.15, -0.1) is 0 Å². The lowest BCUT2D eigenvalue weighted by Crippen LogP contribution is -2.37. The highest BCUT2D eigenvalue weighted by Crippen LogP contribution is 2.21. The number of hydrogen-bond acceptors (Lipinski definition) is 3. The van der Waals surface area contributed by atoms with E-state index in [0.29, 0.717) is 27.4 Å². The number of ether oxygens (including phenoxy) is 1. The van der Waals surface area contributed by atoms with Crippen molar-refractivity contribution in [1.29, 1.82) is 0 Å². The molecule has 0 bridgehead atoms. The summed E-state index contributed by atoms with van der Waals surface area (Å²) in [5.74, 6) is 0. The zero-order valence-corrected chi connectivity index (χ0v) is 14.0. The summed E-state index contributed by atoms with van der Waals surface area (Å²) in [6.45, 7) is 3.36. The summed E-state index contributed by atoms with van der Waals surface area (Å²) in [5, 5.41) is 8.98. The first-order valence-electron chi connectivity index (χ1n) is 6.71. The normalized spacial score (nSPS) is 18.6. The van der Waals surface area contributed by atoms with Gasteiger partial charge in [-0.3, -0.25) is 5.43 Å². The van der Waals surface area contributed by atoms with Gasteiger partial charge in [0.15, 0.2) is 5.11 Å². The lowest BCUT2D eigenvalue weighted by atomic mass is 10.1. The Kier molecular flexibility index (Phi) is 6.23. The number of rotatable bonds is 4. The molecule has 1 aliphatic heterocycles. The molecule has 1 aromatic rings. The largest absolute Gasteiger partial charge is 0.376 e. The molecule has 0 amide bonds. The fraction of sp³-hybridized carbons (Fsp3) is 0.429. The van der Waals surface area contributed by atoms with Crippen LogP contribution in [0.1, 0.15) is 25.3 Å². The van der Waals surface area contributed by atoms with E-state index < -0.39 is 0 Å². The topological polar surface area (TPSA) is 45.7 Å². The maximum atomic E-state index is 6.12. The van der Waals surface area contributed by atoms with Crippen molar-refractivity contribution in [3.63, 3.8) is 0 Å². The minimum absolute atomic E-state index is 0.234. The van der Waals surface area contributed by atoms with E-state index in [-0.39, 0.29) is 6.10 Å². The van der Waals surface area contributed by atoms with Crippen molar-refractivity contribution in [2.75, 3.05) is 13.2 Å². The maximum absolute atomic E-state index is 6.12. The molecule has 2 rings (SSSR count). The van der Waals surface area contributed by atoms with Crippen LogP contribution >= 0.6 is 35.4 Å². The molecule has 2 N–H and O–H groups in total. The number of nitrogens with one attached hydrogen (secondary N) is 2. The predicted molar refractivity (Wildman–Crippen MR) is 91.4 cm³/mol. The Morgan fingerprint density at radius 1 is 1.48 bits per heavy atom. The zero-order valence-electron chi connectivity index (χ0n) is 11.7. The monoisotopic (exact) mass is 345 g/mol. The number of benzene rings is 1. The Bertz CT molecular complexity index is 545. The van der Waals surface area contributed by atoms with Gasteiger partial charge in [0.2, 0.25) is 0 Å². The van der Waals surface area contributed by atoms with Gasteiger partial charge in [-0.05, 0) is 50.2 Å². The third kappa shape index (κ3) is 5.11. The second-order valence-corrected chi connectivity index (χ2v) is 6.03. The Labute approximate surface area is 139 Å². The second-order valence-electron chi connectivity index (χ2n) is 4.78. The highest BCUT2D eigenvalue weighted by Gasteiger charge is 2.15. The third-order valence-corrected chi connectivity index (χ3v) is 3.96. The number of thiocarbonyl (C=S) groups is 1. The van der Waals surface area contributed by atoms with Crippen molar-refractivity contribution >= 4 is 46.2 Å². The van der Waals surface area contributed by atoms with Crippen molar-refractivity contribution in [3.8, 4) is 0 Å². The van der Waals surface area contributed by atoms with Gasteiger partial charge in [0.05, 0.1) is 11.8 Å². The molecule has 1 fully saturated rings. The summed E-state index contributed by atoms with van der Waals surface area (Å²) in [7, 11) is 0. The number of nitrogens with zero attached hydrogens (tertiary/aromatic N) is 1. The molecular weight excluding hydrogens is 329 g/mol. The second kappa shape index (κ2) is 7.94. The Morgan fingerprint density at radius 3 is 3.00 bits per heavy atom. The maximum Gasteiger partial charge on any atom is 0.187 e. The van der Waals surface area contributed by atoms with E-state index in [1.54, 1.807) is 18.2 Å². The summed E-state index contributed by atoms with van der Waals surface area (Å²) in [4.78, 5) is 0. The van der Waals surface area contributed by atoms with E-state index in [1.807, 2.05) is 6.92 Å². The third-order valence-electron chi connectivity index (χ3n) is 3.16. The molecular formula is C14H17Cl2N3OS. The van der Waals surface area contributed by atoms with Crippen LogP contribution in [0.25, 0.3) is 0 Å². The smallest absolute Gasteiger partial charge is 0.187 e. The van der Waals surface area contributed by atoms with Crippen LogP contribution in [0.5, 0.6) is 0 Å². The fourth-order valence-electron chi connectivity index (χ4n) is 2.02. The molecule has 21 heavy (non-hydrogen) atoms. The number of hydrogen-bond donors (Lipinski definition) is 2. The molecule has 1 saturated heterocycles. The molecule has 0 radical (unpaired) electrons. The average Bonchev–Trinajstić information content (AvgIpc) is 2.98. The van der Waals surface area contributed by atoms with Crippen molar-refractivity contribution in [2.45, 2.75) is 25.9 Å². The van der Waals surface area contributed by atoms with Gasteiger partial charge < -0.3 is 10.1 Å². The highest BCUT2D eigenvalue weighted by atomic mass is 35.5. The fourth-order valence-corrected chi connectivity index (χ4v) is 2.58. The molecule has 1 atom stereocenters. The van der Waals surface area contributed by atoms with Gasteiger partial charge in [-0.2, -0.15) is 5.10 Å². The quantitative estimate of drug-likeness (QED) is 0.499. The first kappa shape index (κ1) is 16.5. The standard InChI is InChI=1S/C14H17Cl2N3OS/c1-9(12-7-10(15)4-5-13(12)16)18-19-14(21)17-8-11-3-2-6-20-11/h4-5,7,11H,2-3,6,8H2,1H3,(H2,17,19,21)/b18-9-/t11-/m0/s1. The molecule has 4 nitrogen and oxygen atoms in total. The molecule has 1 aliphatic rings. The molecule has 1 heterocycles. The first-order valence-corrected chi connectivity index (χ1v) is 7.88. The summed E-state index contributed by atoms with van der Waals surface area (Å²) in [6, 6.07) is 5.25. The SMILES string of the molecule is C/C(=N/NC(=S)NC[C@@H]1CCCO1)c1cc(Cl)ccc1Cl. The Balaban J connectivity index is 1.87. The molecule has 1 aromatic carbocycles. The van der Waals surface area contributed by atoms with Crippen LogP contribution in [0, 0.1) is 0 Å². The van der Waals surface area contributed by atoms with Crippen molar-refractivity contribution in [1.82, 2.24) is 10.7 Å². The minimum Gasteiger partial charge on any atom is -0.376 e. The average molecular weight is 346 g/mol. The van der Waals surface area contributed by atoms with Crippen molar-refractivity contribution in [3.05, 3.63) is 33.8 Å². The van der Waals surface area contributed by atoms with Gasteiger partial charge in [0, 0.05) is 28.8 Å². The van der Waals surface area contributed by atoms with Crippen LogP contribution in [-0.4, -0.2) is 30.1 Å². The highest BCUT2D eigenvalue weighted by molar-refractivity contribution is 7.80. The van der Waals surface area contributed by atoms with Crippen LogP contribution in [-0.2, 0) is 4.74 Å². The summed E-state index contributed by atoms with van der Waals surface area (Å²) in [5.41, 5.74) is 4.29. The van der Waals surface area contributed by atoms with Crippen LogP contribution in [0.4, 0.5) is 0 Å². The van der Waals surface area contributed by atoms with Gasteiger partial charge in [0.1, 0.15) is 0 Å². The van der Waals surface area contributed by atoms with E-state index in [2.05, 4.69) is 15.8 Å². The predicted octanol–water partition coefficient (Wildman–Crippen LogP) is 3.36. The molecule has 0 aliphatic carbocycles. The van der Waals surface area contributed by atoms with E-state index in [1.165, 1.54) is 0 Å². The number of hydrazone groups is 1. The van der Waals surface area contributed by atoms with Gasteiger partial charge in [-0.25, -0.2) is 0 Å². The van der Waals surface area contributed by atoms with E-state index >= 15 is 0 Å². The molecule has 0 unspecified atom stereocenters. The molecule has 0 spiro atoms.